The van der Waals surface area contributed by atoms with Gasteiger partial charge in [-0.1, -0.05) is 12.1 Å². The normalized spacial score (nSPS) is 11.4. The van der Waals surface area contributed by atoms with Gasteiger partial charge in [-0.15, -0.1) is 0 Å². The number of aromatic carboxylic acids is 1. The lowest BCUT2D eigenvalue weighted by Gasteiger charge is -2.06. The van der Waals surface area contributed by atoms with Gasteiger partial charge >= 0.3 is 5.97 Å². The van der Waals surface area contributed by atoms with Crippen molar-refractivity contribution in [1.29, 1.82) is 0 Å². The van der Waals surface area contributed by atoms with Crippen LogP contribution in [0.15, 0.2) is 24.3 Å². The van der Waals surface area contributed by atoms with Gasteiger partial charge in [-0.2, -0.15) is 0 Å². The molecule has 0 spiro atoms. The fraction of sp³-hybridized carbons (Fsp3) is 0.364. The zero-order chi connectivity index (χ0) is 13.6. The molecule has 0 aliphatic rings. The van der Waals surface area contributed by atoms with Crippen molar-refractivity contribution in [3.63, 3.8) is 0 Å². The smallest absolute Gasteiger partial charge is 0.335 e. The largest absolute Gasteiger partial charge is 0.478 e. The number of carbonyl (C=O) groups is 1. The second kappa shape index (κ2) is 6.48. The Labute approximate surface area is 106 Å². The van der Waals surface area contributed by atoms with Crippen LogP contribution >= 0.6 is 0 Å². The number of nitrogens with one attached hydrogen (secondary N) is 1. The molecule has 0 aromatic heterocycles. The number of carboxylic acids is 1. The van der Waals surface area contributed by atoms with E-state index in [0.717, 1.165) is 0 Å². The Hall–Kier alpha value is -1.44. The maximum atomic E-state index is 11.6. The Balaban J connectivity index is 2.63. The number of hydrogen-bond acceptors (Lipinski definition) is 4. The molecule has 100 valence electrons. The van der Waals surface area contributed by atoms with Crippen molar-refractivity contribution < 1.29 is 23.1 Å². The summed E-state index contributed by atoms with van der Waals surface area (Å²) in [5, 5.41) is 8.71. The van der Waals surface area contributed by atoms with E-state index in [4.69, 9.17) is 9.84 Å². The van der Waals surface area contributed by atoms with Gasteiger partial charge in [-0.3, -0.25) is 0 Å². The topological polar surface area (TPSA) is 92.7 Å². The standard InChI is InChI=1S/C11H15NO5S/c1-17-7-6-12-18(15,16)8-9-2-4-10(5-3-9)11(13)14/h2-5,12H,6-8H2,1H3,(H,13,14). The van der Waals surface area contributed by atoms with Crippen LogP contribution in [0.1, 0.15) is 15.9 Å². The Kier molecular flexibility index (Phi) is 5.26. The summed E-state index contributed by atoms with van der Waals surface area (Å²) in [6.07, 6.45) is 0. The minimum absolute atomic E-state index is 0.128. The van der Waals surface area contributed by atoms with Crippen LogP contribution in [0, 0.1) is 0 Å². The molecular weight excluding hydrogens is 258 g/mol. The lowest BCUT2D eigenvalue weighted by Crippen LogP contribution is -2.28. The van der Waals surface area contributed by atoms with Crippen LogP contribution in [0.3, 0.4) is 0 Å². The van der Waals surface area contributed by atoms with Gasteiger partial charge in [-0.05, 0) is 17.7 Å². The van der Waals surface area contributed by atoms with Gasteiger partial charge in [-0.25, -0.2) is 17.9 Å². The Morgan fingerprint density at radius 1 is 1.33 bits per heavy atom. The van der Waals surface area contributed by atoms with Crippen molar-refractivity contribution in [3.8, 4) is 0 Å². The molecule has 0 amide bonds. The first kappa shape index (κ1) is 14.6. The summed E-state index contributed by atoms with van der Waals surface area (Å²) in [4.78, 5) is 10.6. The number of ether oxygens (including phenoxy) is 1. The Morgan fingerprint density at radius 3 is 2.44 bits per heavy atom. The Morgan fingerprint density at radius 2 is 1.94 bits per heavy atom. The number of benzene rings is 1. The molecule has 1 rings (SSSR count). The fourth-order valence-corrected chi connectivity index (χ4v) is 2.44. The van der Waals surface area contributed by atoms with Crippen LogP contribution in [-0.4, -0.2) is 39.8 Å². The molecule has 2 N–H and O–H groups in total. The molecule has 6 nitrogen and oxygen atoms in total. The van der Waals surface area contributed by atoms with Gasteiger partial charge in [0.15, 0.2) is 0 Å². The lowest BCUT2D eigenvalue weighted by molar-refractivity contribution is 0.0697. The van der Waals surface area contributed by atoms with Crippen molar-refractivity contribution in [2.75, 3.05) is 20.3 Å². The van der Waals surface area contributed by atoms with E-state index >= 15 is 0 Å². The van der Waals surface area contributed by atoms with Crippen LogP contribution < -0.4 is 4.72 Å². The molecule has 0 bridgehead atoms. The third-order valence-corrected chi connectivity index (χ3v) is 3.54. The van der Waals surface area contributed by atoms with Crippen LogP contribution in [0.5, 0.6) is 0 Å². The van der Waals surface area contributed by atoms with E-state index < -0.39 is 16.0 Å². The van der Waals surface area contributed by atoms with Gasteiger partial charge in [0.2, 0.25) is 10.0 Å². The van der Waals surface area contributed by atoms with Crippen molar-refractivity contribution in [1.82, 2.24) is 4.72 Å². The summed E-state index contributed by atoms with van der Waals surface area (Å²) in [5.74, 6) is -1.22. The highest BCUT2D eigenvalue weighted by atomic mass is 32.2. The summed E-state index contributed by atoms with van der Waals surface area (Å²) in [6, 6.07) is 5.72. The van der Waals surface area contributed by atoms with Gasteiger partial charge in [0.1, 0.15) is 0 Å². The first-order valence-electron chi connectivity index (χ1n) is 5.23. The van der Waals surface area contributed by atoms with E-state index in [0.29, 0.717) is 12.2 Å². The zero-order valence-electron chi connectivity index (χ0n) is 9.92. The molecule has 18 heavy (non-hydrogen) atoms. The van der Waals surface area contributed by atoms with E-state index in [1.165, 1.54) is 31.4 Å². The minimum Gasteiger partial charge on any atom is -0.478 e. The molecule has 0 unspecified atom stereocenters. The molecule has 0 aliphatic heterocycles. The fourth-order valence-electron chi connectivity index (χ4n) is 1.31. The molecule has 0 fully saturated rings. The quantitative estimate of drug-likeness (QED) is 0.704. The highest BCUT2D eigenvalue weighted by Gasteiger charge is 2.11. The highest BCUT2D eigenvalue weighted by molar-refractivity contribution is 7.88. The second-order valence-corrected chi connectivity index (χ2v) is 5.46. The average Bonchev–Trinajstić information content (AvgIpc) is 2.29. The van der Waals surface area contributed by atoms with Gasteiger partial charge in [0.05, 0.1) is 17.9 Å². The summed E-state index contributed by atoms with van der Waals surface area (Å²) >= 11 is 0. The maximum Gasteiger partial charge on any atom is 0.335 e. The second-order valence-electron chi connectivity index (χ2n) is 3.65. The maximum absolute atomic E-state index is 11.6. The van der Waals surface area contributed by atoms with Crippen molar-refractivity contribution in [2.24, 2.45) is 0 Å². The number of sulfonamides is 1. The van der Waals surface area contributed by atoms with E-state index in [9.17, 15) is 13.2 Å². The third-order valence-electron chi connectivity index (χ3n) is 2.19. The lowest BCUT2D eigenvalue weighted by atomic mass is 10.1. The molecule has 1 aromatic carbocycles. The number of carboxylic acid groups (broad SMARTS) is 1. The van der Waals surface area contributed by atoms with Gasteiger partial charge < -0.3 is 9.84 Å². The van der Waals surface area contributed by atoms with Crippen molar-refractivity contribution in [2.45, 2.75) is 5.75 Å². The monoisotopic (exact) mass is 273 g/mol. The van der Waals surface area contributed by atoms with Crippen LogP contribution in [0.2, 0.25) is 0 Å². The van der Waals surface area contributed by atoms with E-state index in [1.807, 2.05) is 0 Å². The van der Waals surface area contributed by atoms with Gasteiger partial charge in [0.25, 0.3) is 0 Å². The number of methoxy groups -OCH3 is 1. The van der Waals surface area contributed by atoms with E-state index in [1.54, 1.807) is 0 Å². The summed E-state index contributed by atoms with van der Waals surface area (Å²) in [5.41, 5.74) is 0.661. The number of rotatable bonds is 7. The summed E-state index contributed by atoms with van der Waals surface area (Å²) < 4.78 is 30.3. The van der Waals surface area contributed by atoms with Crippen LogP contribution in [-0.2, 0) is 20.5 Å². The van der Waals surface area contributed by atoms with Crippen molar-refractivity contribution in [3.05, 3.63) is 35.4 Å². The molecular formula is C11H15NO5S. The van der Waals surface area contributed by atoms with Crippen LogP contribution in [0.25, 0.3) is 0 Å². The highest BCUT2D eigenvalue weighted by Crippen LogP contribution is 2.07. The summed E-state index contributed by atoms with van der Waals surface area (Å²) in [7, 11) is -1.93. The molecule has 0 saturated carbocycles. The third kappa shape index (κ3) is 4.82. The minimum atomic E-state index is -3.42. The zero-order valence-corrected chi connectivity index (χ0v) is 10.7. The van der Waals surface area contributed by atoms with E-state index in [2.05, 4.69) is 4.72 Å². The van der Waals surface area contributed by atoms with Crippen LogP contribution in [0.4, 0.5) is 0 Å². The first-order chi connectivity index (χ1) is 8.44. The molecule has 0 saturated heterocycles. The SMILES string of the molecule is COCCNS(=O)(=O)Cc1ccc(C(=O)O)cc1. The molecule has 7 heteroatoms. The average molecular weight is 273 g/mol. The van der Waals surface area contributed by atoms with Gasteiger partial charge in [0, 0.05) is 13.7 Å². The Bertz CT molecular complexity index is 495. The number of hydrogen-bond donors (Lipinski definition) is 2. The predicted molar refractivity (Wildman–Crippen MR) is 65.9 cm³/mol. The molecule has 0 heterocycles. The summed E-state index contributed by atoms with van der Waals surface area (Å²) in [6.45, 7) is 0.517. The molecule has 0 aliphatic carbocycles. The van der Waals surface area contributed by atoms with Crippen molar-refractivity contribution >= 4 is 16.0 Å². The predicted octanol–water partition coefficient (Wildman–Crippen LogP) is 0.451. The molecule has 0 atom stereocenters. The molecule has 1 aromatic rings. The van der Waals surface area contributed by atoms with E-state index in [-0.39, 0.29) is 17.9 Å². The molecule has 0 radical (unpaired) electrons. The first-order valence-corrected chi connectivity index (χ1v) is 6.88.